The summed E-state index contributed by atoms with van der Waals surface area (Å²) >= 11 is 11.9. The van der Waals surface area contributed by atoms with Gasteiger partial charge in [0.05, 0.1) is 15.8 Å². The second-order valence-corrected chi connectivity index (χ2v) is 7.59. The highest BCUT2D eigenvalue weighted by molar-refractivity contribution is 7.91. The fraction of sp³-hybridized carbons (Fsp3) is 0.500. The second kappa shape index (κ2) is 5.00. The fourth-order valence-electron chi connectivity index (χ4n) is 2.20. The molecule has 0 saturated heterocycles. The molecule has 0 unspecified atom stereocenters. The molecule has 0 spiro atoms. The first-order chi connectivity index (χ1) is 8.40. The number of nitrogens with two attached hydrogens (primary N) is 1. The predicted molar refractivity (Wildman–Crippen MR) is 73.9 cm³/mol. The molecule has 0 bridgehead atoms. The summed E-state index contributed by atoms with van der Waals surface area (Å²) in [6.07, 6.45) is 2.55. The van der Waals surface area contributed by atoms with Gasteiger partial charge in [0.1, 0.15) is 4.90 Å². The van der Waals surface area contributed by atoms with Crippen molar-refractivity contribution in [3.8, 4) is 0 Å². The summed E-state index contributed by atoms with van der Waals surface area (Å²) in [7, 11) is -3.46. The monoisotopic (exact) mass is 307 g/mol. The number of hydrogen-bond donors (Lipinski definition) is 1. The Balaban J connectivity index is 2.32. The van der Waals surface area contributed by atoms with Crippen LogP contribution in [0.4, 0.5) is 0 Å². The third-order valence-corrected chi connectivity index (χ3v) is 6.27. The van der Waals surface area contributed by atoms with Gasteiger partial charge in [0.2, 0.25) is 0 Å². The first kappa shape index (κ1) is 14.1. The zero-order chi connectivity index (χ0) is 13.4. The standard InChI is InChI=1S/C12H15Cl2NO2S/c13-9-2-1-3-10(14)11(9)18(16,17)8-12(4-5-12)6-7-15/h1-3H,4-8,15H2. The smallest absolute Gasteiger partial charge is 0.181 e. The van der Waals surface area contributed by atoms with Crippen LogP contribution in [0.2, 0.25) is 10.0 Å². The Morgan fingerprint density at radius 3 is 2.22 bits per heavy atom. The van der Waals surface area contributed by atoms with E-state index < -0.39 is 9.84 Å². The highest BCUT2D eigenvalue weighted by Gasteiger charge is 2.46. The van der Waals surface area contributed by atoms with Gasteiger partial charge in [0.15, 0.2) is 9.84 Å². The summed E-state index contributed by atoms with van der Waals surface area (Å²) in [6, 6.07) is 4.72. The van der Waals surface area contributed by atoms with Crippen LogP contribution >= 0.6 is 23.2 Å². The van der Waals surface area contributed by atoms with E-state index in [2.05, 4.69) is 0 Å². The van der Waals surface area contributed by atoms with E-state index >= 15 is 0 Å². The van der Waals surface area contributed by atoms with Crippen LogP contribution in [0.5, 0.6) is 0 Å². The third-order valence-electron chi connectivity index (χ3n) is 3.36. The van der Waals surface area contributed by atoms with Gasteiger partial charge < -0.3 is 5.73 Å². The average Bonchev–Trinajstić information content (AvgIpc) is 2.96. The van der Waals surface area contributed by atoms with E-state index in [1.165, 1.54) is 0 Å². The molecule has 1 saturated carbocycles. The van der Waals surface area contributed by atoms with Crippen molar-refractivity contribution in [1.82, 2.24) is 0 Å². The molecule has 0 aliphatic heterocycles. The topological polar surface area (TPSA) is 60.2 Å². The van der Waals surface area contributed by atoms with Gasteiger partial charge in [-0.2, -0.15) is 0 Å². The molecule has 6 heteroatoms. The van der Waals surface area contributed by atoms with Crippen LogP contribution in [0.1, 0.15) is 19.3 Å². The molecule has 0 amide bonds. The molecule has 1 fully saturated rings. The molecule has 1 aliphatic carbocycles. The average molecular weight is 308 g/mol. The van der Waals surface area contributed by atoms with Crippen LogP contribution in [0.25, 0.3) is 0 Å². The van der Waals surface area contributed by atoms with Gasteiger partial charge in [-0.05, 0) is 43.4 Å². The lowest BCUT2D eigenvalue weighted by atomic mass is 10.1. The molecule has 2 N–H and O–H groups in total. The maximum Gasteiger partial charge on any atom is 0.181 e. The summed E-state index contributed by atoms with van der Waals surface area (Å²) in [6.45, 7) is 0.506. The van der Waals surface area contributed by atoms with Crippen LogP contribution < -0.4 is 5.73 Å². The van der Waals surface area contributed by atoms with Gasteiger partial charge in [-0.25, -0.2) is 8.42 Å². The Bertz CT molecular complexity index is 533. The number of benzene rings is 1. The maximum absolute atomic E-state index is 12.4. The van der Waals surface area contributed by atoms with Crippen molar-refractivity contribution in [2.75, 3.05) is 12.3 Å². The van der Waals surface area contributed by atoms with Crippen molar-refractivity contribution in [1.29, 1.82) is 0 Å². The fourth-order valence-corrected chi connectivity index (χ4v) is 5.42. The Hall–Kier alpha value is -0.290. The van der Waals surface area contributed by atoms with Crippen molar-refractivity contribution >= 4 is 33.0 Å². The van der Waals surface area contributed by atoms with E-state index in [0.29, 0.717) is 6.54 Å². The molecule has 1 aromatic rings. The molecule has 0 atom stereocenters. The van der Waals surface area contributed by atoms with Crippen molar-refractivity contribution < 1.29 is 8.42 Å². The first-order valence-corrected chi connectivity index (χ1v) is 8.18. The molecule has 18 heavy (non-hydrogen) atoms. The summed E-state index contributed by atoms with van der Waals surface area (Å²) in [5, 5.41) is 0.372. The minimum absolute atomic E-state index is 0.0524. The van der Waals surface area contributed by atoms with E-state index in [0.717, 1.165) is 19.3 Å². The highest BCUT2D eigenvalue weighted by atomic mass is 35.5. The van der Waals surface area contributed by atoms with Crippen molar-refractivity contribution in [3.63, 3.8) is 0 Å². The maximum atomic E-state index is 12.4. The third kappa shape index (κ3) is 2.82. The normalized spacial score (nSPS) is 17.7. The zero-order valence-corrected chi connectivity index (χ0v) is 12.2. The van der Waals surface area contributed by atoms with Gasteiger partial charge in [0, 0.05) is 0 Å². The van der Waals surface area contributed by atoms with E-state index in [4.69, 9.17) is 28.9 Å². The van der Waals surface area contributed by atoms with E-state index in [1.54, 1.807) is 18.2 Å². The molecule has 2 rings (SSSR count). The van der Waals surface area contributed by atoms with Crippen LogP contribution in [0.15, 0.2) is 23.1 Å². The van der Waals surface area contributed by atoms with E-state index in [1.807, 2.05) is 0 Å². The summed E-state index contributed by atoms with van der Waals surface area (Å²) in [5.74, 6) is 0.0840. The molecule has 0 radical (unpaired) electrons. The predicted octanol–water partition coefficient (Wildman–Crippen LogP) is 2.90. The zero-order valence-electron chi connectivity index (χ0n) is 9.83. The lowest BCUT2D eigenvalue weighted by Crippen LogP contribution is -2.21. The molecule has 1 aromatic carbocycles. The molecule has 3 nitrogen and oxygen atoms in total. The van der Waals surface area contributed by atoms with E-state index in [9.17, 15) is 8.42 Å². The quantitative estimate of drug-likeness (QED) is 0.910. The Labute approximate surface area is 117 Å². The molecule has 0 aromatic heterocycles. The van der Waals surface area contributed by atoms with Crippen LogP contribution in [-0.4, -0.2) is 20.7 Å². The van der Waals surface area contributed by atoms with Crippen molar-refractivity contribution in [2.45, 2.75) is 24.2 Å². The lowest BCUT2D eigenvalue weighted by molar-refractivity contribution is 0.510. The number of sulfone groups is 1. The van der Waals surface area contributed by atoms with Crippen molar-refractivity contribution in [3.05, 3.63) is 28.2 Å². The van der Waals surface area contributed by atoms with Gasteiger partial charge in [-0.15, -0.1) is 0 Å². The second-order valence-electron chi connectivity index (χ2n) is 4.85. The highest BCUT2D eigenvalue weighted by Crippen LogP contribution is 2.50. The number of hydrogen-bond acceptors (Lipinski definition) is 3. The van der Waals surface area contributed by atoms with Gasteiger partial charge in [0.25, 0.3) is 0 Å². The summed E-state index contributed by atoms with van der Waals surface area (Å²) < 4.78 is 24.8. The molecular formula is C12H15Cl2NO2S. The lowest BCUT2D eigenvalue weighted by Gasteiger charge is -2.15. The Morgan fingerprint density at radius 2 is 1.78 bits per heavy atom. The Morgan fingerprint density at radius 1 is 1.22 bits per heavy atom. The largest absolute Gasteiger partial charge is 0.330 e. The minimum Gasteiger partial charge on any atom is -0.330 e. The van der Waals surface area contributed by atoms with Crippen LogP contribution in [0, 0.1) is 5.41 Å². The van der Waals surface area contributed by atoms with Gasteiger partial charge in [-0.3, -0.25) is 0 Å². The summed E-state index contributed by atoms with van der Waals surface area (Å²) in [4.78, 5) is 0.0524. The first-order valence-electron chi connectivity index (χ1n) is 5.77. The molecule has 1 aliphatic rings. The van der Waals surface area contributed by atoms with Gasteiger partial charge >= 0.3 is 0 Å². The SMILES string of the molecule is NCCC1(CS(=O)(=O)c2c(Cl)cccc2Cl)CC1. The van der Waals surface area contributed by atoms with Gasteiger partial charge in [-0.1, -0.05) is 29.3 Å². The van der Waals surface area contributed by atoms with E-state index in [-0.39, 0.29) is 26.1 Å². The van der Waals surface area contributed by atoms with Crippen LogP contribution in [0.3, 0.4) is 0 Å². The molecular weight excluding hydrogens is 293 g/mol. The molecule has 100 valence electrons. The summed E-state index contributed by atoms with van der Waals surface area (Å²) in [5.41, 5.74) is 5.37. The number of halogens is 2. The number of rotatable bonds is 5. The minimum atomic E-state index is -3.46. The van der Waals surface area contributed by atoms with Crippen LogP contribution in [-0.2, 0) is 9.84 Å². The van der Waals surface area contributed by atoms with Crippen molar-refractivity contribution in [2.24, 2.45) is 11.1 Å². The molecule has 0 heterocycles. The Kier molecular flexibility index (Phi) is 3.93.